The zero-order valence-electron chi connectivity index (χ0n) is 6.24. The molecule has 0 radical (unpaired) electrons. The normalized spacial score (nSPS) is 8.09. The van der Waals surface area contributed by atoms with E-state index in [9.17, 15) is 9.59 Å². The van der Waals surface area contributed by atoms with Gasteiger partial charge >= 0.3 is 11.9 Å². The summed E-state index contributed by atoms with van der Waals surface area (Å²) in [6.45, 7) is 6.00. The van der Waals surface area contributed by atoms with Crippen LogP contribution in [0.3, 0.4) is 0 Å². The smallest absolute Gasteiger partial charge is 0.330 e. The molecule has 0 heterocycles. The number of rotatable bonds is 2. The third kappa shape index (κ3) is 11.8. The quantitative estimate of drug-likeness (QED) is 0.363. The Labute approximate surface area is 64.8 Å². The molecule has 0 aromatic heterocycles. The molecule has 0 saturated carbocycles. The third-order valence-electron chi connectivity index (χ3n) is 0.563. The minimum atomic E-state index is -1.17. The Morgan fingerprint density at radius 3 is 2.09 bits per heavy atom. The molecule has 0 bridgehead atoms. The Morgan fingerprint density at radius 2 is 1.82 bits per heavy atom. The van der Waals surface area contributed by atoms with Gasteiger partial charge in [0.15, 0.2) is 0 Å². The van der Waals surface area contributed by atoms with Gasteiger partial charge in [0, 0.05) is 12.2 Å². The number of carboxylic acid groups (broad SMARTS) is 1. The number of hydrogen-bond acceptors (Lipinski definition) is 3. The molecule has 62 valence electrons. The number of aliphatic carboxylic acids is 1. The summed E-state index contributed by atoms with van der Waals surface area (Å²) in [5.74, 6) is -1.84. The van der Waals surface area contributed by atoms with E-state index in [2.05, 4.69) is 17.9 Å². The summed E-state index contributed by atoms with van der Waals surface area (Å²) in [4.78, 5) is 19.9. The van der Waals surface area contributed by atoms with E-state index in [-0.39, 0.29) is 0 Å². The first-order valence-corrected chi connectivity index (χ1v) is 2.65. The van der Waals surface area contributed by atoms with Crippen LogP contribution in [0.4, 0.5) is 0 Å². The Kier molecular flexibility index (Phi) is 9.29. The first kappa shape index (κ1) is 12.1. The van der Waals surface area contributed by atoms with Crippen molar-refractivity contribution in [3.05, 3.63) is 25.3 Å². The van der Waals surface area contributed by atoms with Crippen molar-refractivity contribution < 1.29 is 19.4 Å². The number of hydrogen-bond donors (Lipinski definition) is 1. The van der Waals surface area contributed by atoms with Gasteiger partial charge in [-0.3, -0.25) is 0 Å². The van der Waals surface area contributed by atoms with Crippen LogP contribution < -0.4 is 0 Å². The van der Waals surface area contributed by atoms with E-state index in [1.807, 2.05) is 0 Å². The summed E-state index contributed by atoms with van der Waals surface area (Å²) in [5.41, 5.74) is 0. The van der Waals surface area contributed by atoms with E-state index in [0.717, 1.165) is 6.08 Å². The minimum absolute atomic E-state index is 0.669. The van der Waals surface area contributed by atoms with E-state index in [0.29, 0.717) is 6.08 Å². The van der Waals surface area contributed by atoms with Crippen molar-refractivity contribution >= 4 is 11.9 Å². The lowest BCUT2D eigenvalue weighted by molar-refractivity contribution is -0.136. The van der Waals surface area contributed by atoms with Crippen molar-refractivity contribution in [2.45, 2.75) is 0 Å². The summed E-state index contributed by atoms with van der Waals surface area (Å²) in [6.07, 6.45) is 1.55. The Morgan fingerprint density at radius 1 is 1.36 bits per heavy atom. The van der Waals surface area contributed by atoms with Gasteiger partial charge in [0.05, 0.1) is 7.11 Å². The molecule has 0 aliphatic carbocycles. The number of carbonyl (C=O) groups is 2. The first-order valence-electron chi connectivity index (χ1n) is 2.65. The maximum Gasteiger partial charge on any atom is 0.330 e. The maximum atomic E-state index is 10.1. The van der Waals surface area contributed by atoms with E-state index < -0.39 is 11.9 Å². The summed E-state index contributed by atoms with van der Waals surface area (Å²) >= 11 is 0. The van der Waals surface area contributed by atoms with Crippen molar-refractivity contribution in [1.82, 2.24) is 0 Å². The van der Waals surface area contributed by atoms with Gasteiger partial charge in [-0.15, -0.1) is 13.2 Å². The highest BCUT2D eigenvalue weighted by Crippen LogP contribution is 1.76. The van der Waals surface area contributed by atoms with Gasteiger partial charge in [-0.1, -0.05) is 0 Å². The largest absolute Gasteiger partial charge is 0.478 e. The van der Waals surface area contributed by atoms with Gasteiger partial charge in [0.2, 0.25) is 0 Å². The minimum Gasteiger partial charge on any atom is -0.478 e. The average molecular weight is 158 g/mol. The Bertz CT molecular complexity index is 160. The van der Waals surface area contributed by atoms with E-state index in [1.54, 1.807) is 0 Å². The van der Waals surface area contributed by atoms with Crippen LogP contribution >= 0.6 is 0 Å². The van der Waals surface area contributed by atoms with E-state index in [1.165, 1.54) is 7.11 Å². The van der Waals surface area contributed by atoms with Crippen LogP contribution in [0, 0.1) is 0 Å². The fourth-order valence-electron chi connectivity index (χ4n) is 0.207. The molecule has 0 aromatic carbocycles. The molecule has 0 aliphatic heterocycles. The second-order valence-electron chi connectivity index (χ2n) is 1.19. The van der Waals surface area contributed by atoms with Crippen molar-refractivity contribution in [3.8, 4) is 0 Å². The molecule has 0 fully saturated rings. The molecule has 0 unspecified atom stereocenters. The number of carbonyl (C=O) groups excluding carboxylic acids is 1. The molecule has 0 saturated heterocycles. The highest BCUT2D eigenvalue weighted by Gasteiger charge is 1.91. The molecule has 0 spiro atoms. The molecule has 4 nitrogen and oxygen atoms in total. The molecule has 11 heavy (non-hydrogen) atoms. The topological polar surface area (TPSA) is 63.6 Å². The summed E-state index contributed by atoms with van der Waals surface area (Å²) in [5, 5.41) is 7.96. The van der Waals surface area contributed by atoms with Crippen LogP contribution in [0.5, 0.6) is 0 Å². The number of esters is 1. The standard InChI is InChI=1S/C5H6O4.C2H4/c1-9-5(8)3-2-4(6)7;1-2/h2-3H,1H3,(H,6,7);1-2H2/b3-2+;. The number of methoxy groups -OCH3 is 1. The zero-order valence-corrected chi connectivity index (χ0v) is 6.24. The predicted octanol–water partition coefficient (Wildman–Crippen LogP) is 0.602. The lowest BCUT2D eigenvalue weighted by Crippen LogP contribution is -1.96. The van der Waals surface area contributed by atoms with Gasteiger partial charge in [-0.25, -0.2) is 9.59 Å². The van der Waals surface area contributed by atoms with Crippen LogP contribution in [0.15, 0.2) is 25.3 Å². The highest BCUT2D eigenvalue weighted by atomic mass is 16.5. The zero-order chi connectivity index (χ0) is 9.28. The van der Waals surface area contributed by atoms with Crippen molar-refractivity contribution in [1.29, 1.82) is 0 Å². The molecule has 0 rings (SSSR count). The molecule has 0 aromatic rings. The lowest BCUT2D eigenvalue weighted by atomic mass is 10.5. The van der Waals surface area contributed by atoms with Crippen molar-refractivity contribution in [2.75, 3.05) is 7.11 Å². The van der Waals surface area contributed by atoms with Gasteiger partial charge in [0.25, 0.3) is 0 Å². The van der Waals surface area contributed by atoms with Gasteiger partial charge < -0.3 is 9.84 Å². The van der Waals surface area contributed by atoms with Crippen LogP contribution in [0.2, 0.25) is 0 Å². The van der Waals surface area contributed by atoms with Gasteiger partial charge in [0.1, 0.15) is 0 Å². The van der Waals surface area contributed by atoms with Crippen LogP contribution in [-0.4, -0.2) is 24.2 Å². The molecule has 1 N–H and O–H groups in total. The maximum absolute atomic E-state index is 10.1. The second-order valence-corrected chi connectivity index (χ2v) is 1.19. The molecule has 0 aliphatic rings. The fourth-order valence-corrected chi connectivity index (χ4v) is 0.207. The predicted molar refractivity (Wildman–Crippen MR) is 40.0 cm³/mol. The second kappa shape index (κ2) is 8.42. The van der Waals surface area contributed by atoms with Crippen LogP contribution in [0.1, 0.15) is 0 Å². The van der Waals surface area contributed by atoms with Crippen LogP contribution in [0.25, 0.3) is 0 Å². The average Bonchev–Trinajstić information content (AvgIpc) is 2.04. The summed E-state index contributed by atoms with van der Waals surface area (Å²) in [7, 11) is 1.18. The number of carboxylic acids is 1. The van der Waals surface area contributed by atoms with Crippen molar-refractivity contribution in [2.24, 2.45) is 0 Å². The van der Waals surface area contributed by atoms with E-state index in [4.69, 9.17) is 5.11 Å². The molecule has 0 atom stereocenters. The SMILES string of the molecule is C=C.COC(=O)/C=C/C(=O)O. The monoisotopic (exact) mass is 158 g/mol. The summed E-state index contributed by atoms with van der Waals surface area (Å²) in [6, 6.07) is 0. The molecular weight excluding hydrogens is 148 g/mol. The Hall–Kier alpha value is -1.58. The lowest BCUT2D eigenvalue weighted by Gasteiger charge is -1.85. The Balaban J connectivity index is 0. The van der Waals surface area contributed by atoms with Gasteiger partial charge in [-0.2, -0.15) is 0 Å². The van der Waals surface area contributed by atoms with E-state index >= 15 is 0 Å². The van der Waals surface area contributed by atoms with Crippen molar-refractivity contribution in [3.63, 3.8) is 0 Å². The number of ether oxygens (including phenoxy) is 1. The molecule has 0 amide bonds. The fraction of sp³-hybridized carbons (Fsp3) is 0.143. The third-order valence-corrected chi connectivity index (χ3v) is 0.563. The first-order chi connectivity index (χ1) is 5.16. The summed E-state index contributed by atoms with van der Waals surface area (Å²) < 4.78 is 4.11. The molecular formula is C7H10O4. The highest BCUT2D eigenvalue weighted by molar-refractivity contribution is 5.90. The van der Waals surface area contributed by atoms with Crippen LogP contribution in [-0.2, 0) is 14.3 Å². The van der Waals surface area contributed by atoms with Gasteiger partial charge in [-0.05, 0) is 0 Å². The molecule has 4 heteroatoms.